The number of rotatable bonds is 7. The van der Waals surface area contributed by atoms with Gasteiger partial charge in [0.05, 0.1) is 12.3 Å². The maximum absolute atomic E-state index is 5.48. The molecule has 1 N–H and O–H groups in total. The van der Waals surface area contributed by atoms with E-state index in [1.807, 2.05) is 24.1 Å². The third-order valence-electron chi connectivity index (χ3n) is 2.45. The van der Waals surface area contributed by atoms with Crippen molar-refractivity contribution in [2.24, 2.45) is 7.05 Å². The molecule has 1 aromatic rings. The molecule has 0 bridgehead atoms. The van der Waals surface area contributed by atoms with Gasteiger partial charge in [-0.25, -0.2) is 0 Å². The monoisotopic (exact) mass is 225 g/mol. The van der Waals surface area contributed by atoms with Gasteiger partial charge < -0.3 is 10.1 Å². The first-order chi connectivity index (χ1) is 7.59. The zero-order chi connectivity index (χ0) is 12.0. The lowest BCUT2D eigenvalue weighted by Crippen LogP contribution is -2.21. The van der Waals surface area contributed by atoms with E-state index >= 15 is 0 Å². The molecule has 0 aliphatic heterocycles. The predicted octanol–water partition coefficient (Wildman–Crippen LogP) is 1.89. The number of ether oxygens (including phenoxy) is 1. The highest BCUT2D eigenvalue weighted by Gasteiger charge is 2.05. The summed E-state index contributed by atoms with van der Waals surface area (Å²) in [6.45, 7) is 8.07. The number of hydrogen-bond acceptors (Lipinski definition) is 3. The Morgan fingerprint density at radius 2 is 2.19 bits per heavy atom. The second-order valence-electron chi connectivity index (χ2n) is 4.40. The van der Waals surface area contributed by atoms with E-state index in [1.54, 1.807) is 0 Å². The van der Waals surface area contributed by atoms with Crippen LogP contribution in [0.2, 0.25) is 0 Å². The zero-order valence-corrected chi connectivity index (χ0v) is 10.7. The van der Waals surface area contributed by atoms with E-state index in [2.05, 4.69) is 31.2 Å². The van der Waals surface area contributed by atoms with Crippen molar-refractivity contribution in [1.29, 1.82) is 0 Å². The fraction of sp³-hybridized carbons (Fsp3) is 0.750. The molecule has 92 valence electrons. The molecule has 0 aliphatic carbocycles. The number of nitrogens with one attached hydrogen (secondary N) is 1. The van der Waals surface area contributed by atoms with Crippen molar-refractivity contribution in [3.05, 3.63) is 18.0 Å². The van der Waals surface area contributed by atoms with Gasteiger partial charge >= 0.3 is 0 Å². The second kappa shape index (κ2) is 6.66. The highest BCUT2D eigenvalue weighted by molar-refractivity contribution is 5.08. The van der Waals surface area contributed by atoms with Gasteiger partial charge in [-0.1, -0.05) is 0 Å². The Morgan fingerprint density at radius 3 is 2.75 bits per heavy atom. The summed E-state index contributed by atoms with van der Waals surface area (Å²) >= 11 is 0. The molecular formula is C12H23N3O. The Balaban J connectivity index is 2.13. The van der Waals surface area contributed by atoms with Gasteiger partial charge in [-0.3, -0.25) is 4.68 Å². The van der Waals surface area contributed by atoms with Gasteiger partial charge in [-0.05, 0) is 33.7 Å². The minimum absolute atomic E-state index is 0.329. The molecule has 0 fully saturated rings. The van der Waals surface area contributed by atoms with Gasteiger partial charge in [0.15, 0.2) is 0 Å². The Kier molecular flexibility index (Phi) is 5.49. The van der Waals surface area contributed by atoms with E-state index < -0.39 is 0 Å². The van der Waals surface area contributed by atoms with Gasteiger partial charge in [0.25, 0.3) is 0 Å². The molecule has 0 amide bonds. The lowest BCUT2D eigenvalue weighted by Gasteiger charge is -2.12. The predicted molar refractivity (Wildman–Crippen MR) is 65.3 cm³/mol. The van der Waals surface area contributed by atoms with Crippen LogP contribution < -0.4 is 5.32 Å². The summed E-state index contributed by atoms with van der Waals surface area (Å²) < 4.78 is 7.31. The van der Waals surface area contributed by atoms with Crippen molar-refractivity contribution < 1.29 is 4.74 Å². The maximum Gasteiger partial charge on any atom is 0.0537 e. The van der Waals surface area contributed by atoms with Crippen molar-refractivity contribution in [3.8, 4) is 0 Å². The lowest BCUT2D eigenvalue weighted by molar-refractivity contribution is 0.0768. The average molecular weight is 225 g/mol. The van der Waals surface area contributed by atoms with Crippen LogP contribution in [0.5, 0.6) is 0 Å². The number of aromatic nitrogens is 2. The average Bonchev–Trinajstić information content (AvgIpc) is 2.63. The normalized spacial score (nSPS) is 13.3. The van der Waals surface area contributed by atoms with E-state index in [1.165, 1.54) is 5.56 Å². The summed E-state index contributed by atoms with van der Waals surface area (Å²) in [5.74, 6) is 0. The quantitative estimate of drug-likeness (QED) is 0.720. The van der Waals surface area contributed by atoms with Crippen LogP contribution in [0.4, 0.5) is 0 Å². The molecule has 0 saturated heterocycles. The van der Waals surface area contributed by atoms with Crippen molar-refractivity contribution in [3.63, 3.8) is 0 Å². The maximum atomic E-state index is 5.48. The first kappa shape index (κ1) is 13.2. The topological polar surface area (TPSA) is 39.1 Å². The summed E-state index contributed by atoms with van der Waals surface area (Å²) in [6.07, 6.45) is 5.32. The molecule has 1 atom stereocenters. The minimum Gasteiger partial charge on any atom is -0.379 e. The van der Waals surface area contributed by atoms with E-state index in [0.717, 1.165) is 19.6 Å². The molecule has 0 saturated carbocycles. The first-order valence-corrected chi connectivity index (χ1v) is 5.93. The minimum atomic E-state index is 0.329. The van der Waals surface area contributed by atoms with Crippen LogP contribution in [-0.4, -0.2) is 29.0 Å². The summed E-state index contributed by atoms with van der Waals surface area (Å²) in [4.78, 5) is 0. The zero-order valence-electron chi connectivity index (χ0n) is 10.7. The van der Waals surface area contributed by atoms with Crippen LogP contribution in [-0.2, 0) is 11.8 Å². The van der Waals surface area contributed by atoms with Gasteiger partial charge in [0.1, 0.15) is 0 Å². The van der Waals surface area contributed by atoms with E-state index in [9.17, 15) is 0 Å². The Bertz CT molecular complexity index is 296. The number of nitrogens with zero attached hydrogens (tertiary/aromatic N) is 2. The van der Waals surface area contributed by atoms with E-state index in [-0.39, 0.29) is 0 Å². The highest BCUT2D eigenvalue weighted by atomic mass is 16.5. The van der Waals surface area contributed by atoms with Crippen LogP contribution in [0.15, 0.2) is 12.4 Å². The van der Waals surface area contributed by atoms with Crippen molar-refractivity contribution in [2.75, 3.05) is 13.2 Å². The molecule has 0 spiro atoms. The van der Waals surface area contributed by atoms with Crippen LogP contribution >= 0.6 is 0 Å². The van der Waals surface area contributed by atoms with Gasteiger partial charge in [-0.15, -0.1) is 0 Å². The van der Waals surface area contributed by atoms with Gasteiger partial charge in [-0.2, -0.15) is 5.10 Å². The van der Waals surface area contributed by atoms with E-state index in [0.29, 0.717) is 12.1 Å². The summed E-state index contributed by atoms with van der Waals surface area (Å²) in [5, 5.41) is 7.61. The third kappa shape index (κ3) is 4.77. The molecular weight excluding hydrogens is 202 g/mol. The summed E-state index contributed by atoms with van der Waals surface area (Å²) in [5.41, 5.74) is 1.23. The number of hydrogen-bond donors (Lipinski definition) is 1. The number of aryl methyl sites for hydroxylation is 1. The SMILES string of the molecule is CC(C)OCCCNC(C)c1cnn(C)c1. The largest absolute Gasteiger partial charge is 0.379 e. The molecule has 1 rings (SSSR count). The second-order valence-corrected chi connectivity index (χ2v) is 4.40. The smallest absolute Gasteiger partial charge is 0.0537 e. The molecule has 1 unspecified atom stereocenters. The third-order valence-corrected chi connectivity index (χ3v) is 2.45. The Labute approximate surface area is 98.0 Å². The van der Waals surface area contributed by atoms with Crippen LogP contribution in [0.1, 0.15) is 38.8 Å². The molecule has 0 aromatic carbocycles. The molecule has 16 heavy (non-hydrogen) atoms. The first-order valence-electron chi connectivity index (χ1n) is 5.93. The summed E-state index contributed by atoms with van der Waals surface area (Å²) in [7, 11) is 1.94. The van der Waals surface area contributed by atoms with Crippen LogP contribution in [0.25, 0.3) is 0 Å². The fourth-order valence-corrected chi connectivity index (χ4v) is 1.49. The van der Waals surface area contributed by atoms with Gasteiger partial charge in [0.2, 0.25) is 0 Å². The van der Waals surface area contributed by atoms with Crippen molar-refractivity contribution in [1.82, 2.24) is 15.1 Å². The molecule has 1 heterocycles. The Hall–Kier alpha value is -0.870. The summed E-state index contributed by atoms with van der Waals surface area (Å²) in [6, 6.07) is 0.354. The molecule has 0 radical (unpaired) electrons. The lowest BCUT2D eigenvalue weighted by atomic mass is 10.2. The van der Waals surface area contributed by atoms with E-state index in [4.69, 9.17) is 4.74 Å². The van der Waals surface area contributed by atoms with Crippen molar-refractivity contribution in [2.45, 2.75) is 39.3 Å². The highest BCUT2D eigenvalue weighted by Crippen LogP contribution is 2.09. The molecule has 4 heteroatoms. The van der Waals surface area contributed by atoms with Gasteiger partial charge in [0, 0.05) is 31.5 Å². The standard InChI is InChI=1S/C12H23N3O/c1-10(2)16-7-5-6-13-11(3)12-8-14-15(4)9-12/h8-11,13H,5-7H2,1-4H3. The Morgan fingerprint density at radius 1 is 1.44 bits per heavy atom. The fourth-order valence-electron chi connectivity index (χ4n) is 1.49. The molecule has 0 aliphatic rings. The van der Waals surface area contributed by atoms with Crippen LogP contribution in [0.3, 0.4) is 0 Å². The molecule has 1 aromatic heterocycles. The van der Waals surface area contributed by atoms with Crippen molar-refractivity contribution >= 4 is 0 Å². The van der Waals surface area contributed by atoms with Crippen LogP contribution in [0, 0.1) is 0 Å². The molecule has 4 nitrogen and oxygen atoms in total.